The zero-order chi connectivity index (χ0) is 17.6. The van der Waals surface area contributed by atoms with E-state index in [-0.39, 0.29) is 12.1 Å². The van der Waals surface area contributed by atoms with Gasteiger partial charge in [-0.15, -0.1) is 0 Å². The molecule has 0 aliphatic heterocycles. The molecule has 0 aromatic heterocycles. The number of rotatable bonds is 9. The van der Waals surface area contributed by atoms with Gasteiger partial charge >= 0.3 is 0 Å². The van der Waals surface area contributed by atoms with Crippen LogP contribution >= 0.6 is 0 Å². The number of nitrogens with zero attached hydrogens (tertiary/aromatic N) is 1. The van der Waals surface area contributed by atoms with Crippen molar-refractivity contribution < 1.29 is 5.11 Å². The van der Waals surface area contributed by atoms with Gasteiger partial charge in [0.25, 0.3) is 0 Å². The van der Waals surface area contributed by atoms with Crippen LogP contribution in [0, 0.1) is 6.92 Å². The fourth-order valence-electron chi connectivity index (χ4n) is 2.47. The third-order valence-electron chi connectivity index (χ3n) is 3.81. The number of anilines is 1. The van der Waals surface area contributed by atoms with E-state index in [1.165, 1.54) is 5.56 Å². The second kappa shape index (κ2) is 9.08. The van der Waals surface area contributed by atoms with Crippen LogP contribution in [0.4, 0.5) is 5.69 Å². The van der Waals surface area contributed by atoms with E-state index in [0.29, 0.717) is 18.8 Å². The van der Waals surface area contributed by atoms with Gasteiger partial charge in [-0.3, -0.25) is 0 Å². The molecule has 0 aliphatic carbocycles. The van der Waals surface area contributed by atoms with Crippen molar-refractivity contribution in [2.45, 2.75) is 45.9 Å². The van der Waals surface area contributed by atoms with Crippen LogP contribution in [0.15, 0.2) is 6.07 Å². The Balaban J connectivity index is 3.02. The lowest BCUT2D eigenvalue weighted by Gasteiger charge is -2.22. The minimum absolute atomic E-state index is 0.0849. The van der Waals surface area contributed by atoms with Crippen LogP contribution in [0.1, 0.15) is 30.5 Å². The Morgan fingerprint density at radius 2 is 1.61 bits per heavy atom. The number of hydrogen-bond acceptors (Lipinski definition) is 6. The average Bonchev–Trinajstić information content (AvgIpc) is 2.43. The smallest absolute Gasteiger partial charge is 0.143 e. The van der Waals surface area contributed by atoms with Crippen LogP contribution in [-0.4, -0.2) is 44.4 Å². The molecule has 0 saturated carbocycles. The molecule has 23 heavy (non-hydrogen) atoms. The molecule has 1 aromatic rings. The molecule has 0 fully saturated rings. The first-order valence-corrected chi connectivity index (χ1v) is 8.18. The first-order chi connectivity index (χ1) is 10.7. The maximum atomic E-state index is 10.6. The summed E-state index contributed by atoms with van der Waals surface area (Å²) >= 11 is 0. The van der Waals surface area contributed by atoms with E-state index in [1.807, 2.05) is 45.8 Å². The number of phenols is 1. The first kappa shape index (κ1) is 19.7. The Hall–Kier alpha value is -1.34. The molecule has 0 heterocycles. The molecule has 6 nitrogen and oxygen atoms in total. The van der Waals surface area contributed by atoms with Crippen molar-refractivity contribution in [2.24, 2.45) is 11.5 Å². The fraction of sp³-hybridized carbons (Fsp3) is 0.647. The van der Waals surface area contributed by atoms with Gasteiger partial charge in [-0.2, -0.15) is 0 Å². The van der Waals surface area contributed by atoms with Crippen LogP contribution < -0.4 is 27.0 Å². The Labute approximate surface area is 140 Å². The van der Waals surface area contributed by atoms with Crippen LogP contribution in [0.3, 0.4) is 0 Å². The van der Waals surface area contributed by atoms with Gasteiger partial charge < -0.3 is 32.1 Å². The van der Waals surface area contributed by atoms with Gasteiger partial charge in [-0.05, 0) is 38.0 Å². The second-order valence-electron chi connectivity index (χ2n) is 6.62. The minimum atomic E-state index is 0.0849. The number of nitrogens with one attached hydrogen (secondary N) is 2. The van der Waals surface area contributed by atoms with Gasteiger partial charge in [0.15, 0.2) is 0 Å². The molecule has 0 spiro atoms. The molecule has 0 aliphatic rings. The molecular weight excluding hydrogens is 290 g/mol. The highest BCUT2D eigenvalue weighted by Gasteiger charge is 2.16. The van der Waals surface area contributed by atoms with Gasteiger partial charge in [0.05, 0.1) is 5.69 Å². The summed E-state index contributed by atoms with van der Waals surface area (Å²) in [6, 6.07) is 2.24. The van der Waals surface area contributed by atoms with Crippen molar-refractivity contribution >= 4 is 5.69 Å². The molecule has 7 N–H and O–H groups in total. The summed E-state index contributed by atoms with van der Waals surface area (Å²) in [5.74, 6) is 0.334. The number of hydrogen-bond donors (Lipinski definition) is 5. The van der Waals surface area contributed by atoms with E-state index in [0.717, 1.165) is 29.9 Å². The standard InChI is InChI=1S/C17H33N5O/c1-11(18)7-20-9-14-6-16(22(4)5)17(23)15(13(14)3)10-21-8-12(2)19/h6,11-12,20-21,23H,7-10,18-19H2,1-5H3. The van der Waals surface area contributed by atoms with Crippen molar-refractivity contribution in [3.05, 3.63) is 22.8 Å². The molecule has 2 unspecified atom stereocenters. The molecule has 132 valence electrons. The van der Waals surface area contributed by atoms with Crippen molar-refractivity contribution in [1.29, 1.82) is 0 Å². The Bertz CT molecular complexity index is 500. The largest absolute Gasteiger partial charge is 0.505 e. The van der Waals surface area contributed by atoms with Crippen LogP contribution in [0.5, 0.6) is 5.75 Å². The summed E-state index contributed by atoms with van der Waals surface area (Å²) < 4.78 is 0. The summed E-state index contributed by atoms with van der Waals surface area (Å²) in [6.45, 7) is 8.78. The maximum Gasteiger partial charge on any atom is 0.143 e. The molecule has 0 bridgehead atoms. The fourth-order valence-corrected chi connectivity index (χ4v) is 2.47. The zero-order valence-corrected chi connectivity index (χ0v) is 15.1. The lowest BCUT2D eigenvalue weighted by Crippen LogP contribution is -2.32. The maximum absolute atomic E-state index is 10.6. The van der Waals surface area contributed by atoms with E-state index in [2.05, 4.69) is 10.6 Å². The second-order valence-corrected chi connectivity index (χ2v) is 6.62. The summed E-state index contributed by atoms with van der Waals surface area (Å²) in [4.78, 5) is 1.93. The average molecular weight is 323 g/mol. The molecule has 0 amide bonds. The van der Waals surface area contributed by atoms with Crippen molar-refractivity contribution in [1.82, 2.24) is 10.6 Å². The zero-order valence-electron chi connectivity index (χ0n) is 15.1. The number of aromatic hydroxyl groups is 1. The van der Waals surface area contributed by atoms with Crippen molar-refractivity contribution in [3.63, 3.8) is 0 Å². The Morgan fingerprint density at radius 3 is 2.09 bits per heavy atom. The molecule has 1 rings (SSSR count). The molecule has 1 aromatic carbocycles. The first-order valence-electron chi connectivity index (χ1n) is 8.18. The predicted molar refractivity (Wildman–Crippen MR) is 97.9 cm³/mol. The summed E-state index contributed by atoms with van der Waals surface area (Å²) in [6.07, 6.45) is 0. The lowest BCUT2D eigenvalue weighted by molar-refractivity contribution is 0.462. The molecule has 0 saturated heterocycles. The Kier molecular flexibility index (Phi) is 7.78. The van der Waals surface area contributed by atoms with E-state index >= 15 is 0 Å². The van der Waals surface area contributed by atoms with Crippen LogP contribution in [-0.2, 0) is 13.1 Å². The predicted octanol–water partition coefficient (Wildman–Crippen LogP) is 0.640. The number of phenolic OH excluding ortho intramolecular Hbond substituents is 1. The number of benzene rings is 1. The van der Waals surface area contributed by atoms with Crippen LogP contribution in [0.2, 0.25) is 0 Å². The van der Waals surface area contributed by atoms with Gasteiger partial charge in [0, 0.05) is 57.9 Å². The SMILES string of the molecule is Cc1c(CNCC(C)N)cc(N(C)C)c(O)c1CNCC(C)N. The topological polar surface area (TPSA) is 99.6 Å². The molecule has 0 radical (unpaired) electrons. The van der Waals surface area contributed by atoms with Gasteiger partial charge in [-0.1, -0.05) is 0 Å². The highest BCUT2D eigenvalue weighted by atomic mass is 16.3. The number of nitrogens with two attached hydrogens (primary N) is 2. The van der Waals surface area contributed by atoms with Crippen LogP contribution in [0.25, 0.3) is 0 Å². The van der Waals surface area contributed by atoms with Gasteiger partial charge in [0.1, 0.15) is 5.75 Å². The quantitative estimate of drug-likeness (QED) is 0.457. The molecule has 2 atom stereocenters. The third kappa shape index (κ3) is 5.99. The molecular formula is C17H33N5O. The highest BCUT2D eigenvalue weighted by Crippen LogP contribution is 2.34. The molecule has 6 heteroatoms. The summed E-state index contributed by atoms with van der Waals surface area (Å²) in [5, 5.41) is 17.3. The third-order valence-corrected chi connectivity index (χ3v) is 3.81. The van der Waals surface area contributed by atoms with E-state index < -0.39 is 0 Å². The Morgan fingerprint density at radius 1 is 1.09 bits per heavy atom. The van der Waals surface area contributed by atoms with Gasteiger partial charge in [0.2, 0.25) is 0 Å². The summed E-state index contributed by atoms with van der Waals surface area (Å²) in [5.41, 5.74) is 15.6. The monoisotopic (exact) mass is 323 g/mol. The van der Waals surface area contributed by atoms with Crippen molar-refractivity contribution in [3.8, 4) is 5.75 Å². The highest BCUT2D eigenvalue weighted by molar-refractivity contribution is 5.64. The van der Waals surface area contributed by atoms with Crippen molar-refractivity contribution in [2.75, 3.05) is 32.1 Å². The minimum Gasteiger partial charge on any atom is -0.505 e. The normalized spacial score (nSPS) is 13.9. The van der Waals surface area contributed by atoms with E-state index in [1.54, 1.807) is 0 Å². The summed E-state index contributed by atoms with van der Waals surface area (Å²) in [7, 11) is 3.87. The van der Waals surface area contributed by atoms with E-state index in [4.69, 9.17) is 11.5 Å². The van der Waals surface area contributed by atoms with Gasteiger partial charge in [-0.25, -0.2) is 0 Å². The lowest BCUT2D eigenvalue weighted by atomic mass is 9.98. The van der Waals surface area contributed by atoms with E-state index in [9.17, 15) is 5.11 Å².